The quantitative estimate of drug-likeness (QED) is 0.606. The molecule has 0 radical (unpaired) electrons. The van der Waals surface area contributed by atoms with Gasteiger partial charge in [-0.1, -0.05) is 0 Å². The van der Waals surface area contributed by atoms with Gasteiger partial charge in [0.15, 0.2) is 0 Å². The van der Waals surface area contributed by atoms with E-state index in [-0.39, 0.29) is 0 Å². The van der Waals surface area contributed by atoms with E-state index in [1.54, 1.807) is 0 Å². The second-order valence-corrected chi connectivity index (χ2v) is 3.04. The smallest absolute Gasteiger partial charge is 0.134 e. The minimum Gasteiger partial charge on any atom is -0.384 e. The highest BCUT2D eigenvalue weighted by molar-refractivity contribution is 5.46. The number of nitrogens with one attached hydrogen (secondary N) is 1. The maximum absolute atomic E-state index is 5.57. The minimum absolute atomic E-state index is 0.531. The molecule has 0 amide bonds. The summed E-state index contributed by atoms with van der Waals surface area (Å²) >= 11 is 0. The standard InChI is InChI=1S/C8H13N5/c9-7-5-8(12-6-11-7)13-3-1-10-2-4-13/h5-6,10H,1-4H2,(H2,9,11,12). The Morgan fingerprint density at radius 3 is 2.77 bits per heavy atom. The van der Waals surface area contributed by atoms with Crippen molar-refractivity contribution in [3.8, 4) is 0 Å². The summed E-state index contributed by atoms with van der Waals surface area (Å²) in [6, 6.07) is 1.81. The van der Waals surface area contributed by atoms with Crippen LogP contribution in [0.4, 0.5) is 11.6 Å². The van der Waals surface area contributed by atoms with E-state index in [1.165, 1.54) is 6.33 Å². The van der Waals surface area contributed by atoms with Crippen LogP contribution in [0.15, 0.2) is 12.4 Å². The molecule has 1 fully saturated rings. The number of anilines is 2. The lowest BCUT2D eigenvalue weighted by atomic mass is 10.3. The van der Waals surface area contributed by atoms with E-state index in [0.717, 1.165) is 32.0 Å². The summed E-state index contributed by atoms with van der Waals surface area (Å²) in [5, 5.41) is 3.28. The molecule has 0 aromatic carbocycles. The Labute approximate surface area is 77.0 Å². The Bertz CT molecular complexity index is 282. The molecule has 5 heteroatoms. The normalized spacial score (nSPS) is 17.4. The van der Waals surface area contributed by atoms with Crippen LogP contribution in [0.2, 0.25) is 0 Å². The molecule has 1 aromatic rings. The van der Waals surface area contributed by atoms with Crippen molar-refractivity contribution in [2.24, 2.45) is 0 Å². The van der Waals surface area contributed by atoms with Crippen molar-refractivity contribution < 1.29 is 0 Å². The molecule has 13 heavy (non-hydrogen) atoms. The summed E-state index contributed by atoms with van der Waals surface area (Å²) in [6.45, 7) is 3.97. The summed E-state index contributed by atoms with van der Waals surface area (Å²) in [5.74, 6) is 1.46. The molecular weight excluding hydrogens is 166 g/mol. The van der Waals surface area contributed by atoms with E-state index in [0.29, 0.717) is 5.82 Å². The molecule has 0 saturated carbocycles. The highest BCUT2D eigenvalue weighted by Crippen LogP contribution is 2.11. The number of rotatable bonds is 1. The van der Waals surface area contributed by atoms with Gasteiger partial charge >= 0.3 is 0 Å². The van der Waals surface area contributed by atoms with E-state index in [2.05, 4.69) is 20.2 Å². The molecule has 0 aliphatic carbocycles. The molecule has 0 spiro atoms. The molecule has 1 aliphatic heterocycles. The largest absolute Gasteiger partial charge is 0.384 e. The monoisotopic (exact) mass is 179 g/mol. The van der Waals surface area contributed by atoms with Crippen LogP contribution in [0.1, 0.15) is 0 Å². The van der Waals surface area contributed by atoms with Gasteiger partial charge in [-0.25, -0.2) is 9.97 Å². The van der Waals surface area contributed by atoms with Crippen LogP contribution in [-0.4, -0.2) is 36.1 Å². The molecule has 3 N–H and O–H groups in total. The van der Waals surface area contributed by atoms with Crippen molar-refractivity contribution in [2.45, 2.75) is 0 Å². The predicted molar refractivity (Wildman–Crippen MR) is 51.5 cm³/mol. The second-order valence-electron chi connectivity index (χ2n) is 3.04. The molecule has 2 rings (SSSR count). The third-order valence-corrected chi connectivity index (χ3v) is 2.11. The molecular formula is C8H13N5. The van der Waals surface area contributed by atoms with E-state index in [1.807, 2.05) is 6.07 Å². The summed E-state index contributed by atoms with van der Waals surface area (Å²) in [5.41, 5.74) is 5.57. The Morgan fingerprint density at radius 1 is 1.31 bits per heavy atom. The van der Waals surface area contributed by atoms with Gasteiger partial charge in [0.25, 0.3) is 0 Å². The SMILES string of the molecule is Nc1cc(N2CCNCC2)ncn1. The fraction of sp³-hybridized carbons (Fsp3) is 0.500. The van der Waals surface area contributed by atoms with Crippen LogP contribution in [0.5, 0.6) is 0 Å². The fourth-order valence-corrected chi connectivity index (χ4v) is 1.43. The van der Waals surface area contributed by atoms with E-state index in [4.69, 9.17) is 5.73 Å². The van der Waals surface area contributed by atoms with Crippen molar-refractivity contribution in [1.29, 1.82) is 0 Å². The lowest BCUT2D eigenvalue weighted by molar-refractivity contribution is 0.584. The number of nitrogens with zero attached hydrogens (tertiary/aromatic N) is 3. The van der Waals surface area contributed by atoms with Gasteiger partial charge in [-0.2, -0.15) is 0 Å². The number of hydrogen-bond acceptors (Lipinski definition) is 5. The van der Waals surface area contributed by atoms with Gasteiger partial charge in [-0.05, 0) is 0 Å². The van der Waals surface area contributed by atoms with Crippen molar-refractivity contribution in [1.82, 2.24) is 15.3 Å². The highest BCUT2D eigenvalue weighted by atomic mass is 15.2. The molecule has 0 atom stereocenters. The predicted octanol–water partition coefficient (Wildman–Crippen LogP) is -0.532. The Hall–Kier alpha value is -1.36. The fourth-order valence-electron chi connectivity index (χ4n) is 1.43. The number of hydrogen-bond donors (Lipinski definition) is 2. The zero-order valence-corrected chi connectivity index (χ0v) is 7.40. The summed E-state index contributed by atoms with van der Waals surface area (Å²) < 4.78 is 0. The molecule has 1 aromatic heterocycles. The topological polar surface area (TPSA) is 67.1 Å². The molecule has 1 saturated heterocycles. The van der Waals surface area contributed by atoms with Crippen LogP contribution in [0, 0.1) is 0 Å². The molecule has 70 valence electrons. The van der Waals surface area contributed by atoms with Gasteiger partial charge in [0, 0.05) is 32.2 Å². The van der Waals surface area contributed by atoms with E-state index >= 15 is 0 Å². The molecule has 1 aliphatic rings. The highest BCUT2D eigenvalue weighted by Gasteiger charge is 2.11. The van der Waals surface area contributed by atoms with Gasteiger partial charge in [0.1, 0.15) is 18.0 Å². The molecule has 5 nitrogen and oxygen atoms in total. The zero-order chi connectivity index (χ0) is 9.10. The Kier molecular flexibility index (Phi) is 2.27. The second kappa shape index (κ2) is 3.57. The van der Waals surface area contributed by atoms with Crippen molar-refractivity contribution >= 4 is 11.6 Å². The van der Waals surface area contributed by atoms with Crippen LogP contribution >= 0.6 is 0 Å². The first-order chi connectivity index (χ1) is 6.36. The average molecular weight is 179 g/mol. The van der Waals surface area contributed by atoms with Crippen LogP contribution in [0.25, 0.3) is 0 Å². The first-order valence-corrected chi connectivity index (χ1v) is 4.39. The number of nitrogen functional groups attached to an aromatic ring is 1. The lowest BCUT2D eigenvalue weighted by Crippen LogP contribution is -2.43. The maximum Gasteiger partial charge on any atom is 0.134 e. The molecule has 2 heterocycles. The van der Waals surface area contributed by atoms with Gasteiger partial charge in [-0.15, -0.1) is 0 Å². The van der Waals surface area contributed by atoms with Gasteiger partial charge < -0.3 is 16.0 Å². The molecule has 0 unspecified atom stereocenters. The third-order valence-electron chi connectivity index (χ3n) is 2.11. The first kappa shape index (κ1) is 8.25. The third kappa shape index (κ3) is 1.86. The van der Waals surface area contributed by atoms with Gasteiger partial charge in [-0.3, -0.25) is 0 Å². The molecule has 0 bridgehead atoms. The van der Waals surface area contributed by atoms with Crippen LogP contribution in [0.3, 0.4) is 0 Å². The van der Waals surface area contributed by atoms with E-state index < -0.39 is 0 Å². The van der Waals surface area contributed by atoms with Gasteiger partial charge in [0.2, 0.25) is 0 Å². The average Bonchev–Trinajstić information content (AvgIpc) is 2.19. The zero-order valence-electron chi connectivity index (χ0n) is 7.40. The minimum atomic E-state index is 0.531. The first-order valence-electron chi connectivity index (χ1n) is 4.39. The van der Waals surface area contributed by atoms with Gasteiger partial charge in [0.05, 0.1) is 0 Å². The van der Waals surface area contributed by atoms with Crippen molar-refractivity contribution in [3.05, 3.63) is 12.4 Å². The van der Waals surface area contributed by atoms with Crippen LogP contribution < -0.4 is 16.0 Å². The summed E-state index contributed by atoms with van der Waals surface area (Å²) in [7, 11) is 0. The summed E-state index contributed by atoms with van der Waals surface area (Å²) in [4.78, 5) is 10.2. The van der Waals surface area contributed by atoms with Crippen molar-refractivity contribution in [3.63, 3.8) is 0 Å². The Morgan fingerprint density at radius 2 is 2.08 bits per heavy atom. The number of piperazine rings is 1. The van der Waals surface area contributed by atoms with E-state index in [9.17, 15) is 0 Å². The maximum atomic E-state index is 5.57. The lowest BCUT2D eigenvalue weighted by Gasteiger charge is -2.28. The van der Waals surface area contributed by atoms with Crippen LogP contribution in [-0.2, 0) is 0 Å². The number of aromatic nitrogens is 2. The Balaban J connectivity index is 2.14. The summed E-state index contributed by atoms with van der Waals surface area (Å²) in [6.07, 6.45) is 1.51. The number of nitrogens with two attached hydrogens (primary N) is 1. The van der Waals surface area contributed by atoms with Crippen molar-refractivity contribution in [2.75, 3.05) is 36.8 Å².